The molecular formula is C20H26FN3O3S. The number of hydrogen-bond acceptors (Lipinski definition) is 4. The van der Waals surface area contributed by atoms with Gasteiger partial charge in [-0.3, -0.25) is 4.79 Å². The Morgan fingerprint density at radius 1 is 1.04 bits per heavy atom. The fraction of sp³-hybridized carbons (Fsp3) is 0.350. The van der Waals surface area contributed by atoms with E-state index in [0.717, 1.165) is 5.56 Å². The predicted octanol–water partition coefficient (Wildman–Crippen LogP) is 3.52. The minimum Gasteiger partial charge on any atom is -0.376 e. The van der Waals surface area contributed by atoms with Crippen LogP contribution in [0.3, 0.4) is 0 Å². The molecule has 2 aromatic rings. The molecule has 0 atom stereocenters. The first kappa shape index (κ1) is 21.8. The molecule has 1 amide bonds. The highest BCUT2D eigenvalue weighted by Gasteiger charge is 2.22. The molecule has 0 radical (unpaired) electrons. The van der Waals surface area contributed by atoms with Crippen LogP contribution in [-0.4, -0.2) is 38.3 Å². The lowest BCUT2D eigenvalue weighted by Gasteiger charge is -2.19. The number of amides is 1. The average Bonchev–Trinajstić information content (AvgIpc) is 2.64. The van der Waals surface area contributed by atoms with E-state index in [2.05, 4.69) is 10.6 Å². The fourth-order valence-corrected chi connectivity index (χ4v) is 4.20. The van der Waals surface area contributed by atoms with Crippen molar-refractivity contribution in [2.45, 2.75) is 32.6 Å². The number of aryl methyl sites for hydroxylation is 2. The Kier molecular flexibility index (Phi) is 7.15. The Morgan fingerprint density at radius 3 is 2.29 bits per heavy atom. The van der Waals surface area contributed by atoms with E-state index >= 15 is 0 Å². The van der Waals surface area contributed by atoms with Crippen LogP contribution in [0, 0.1) is 19.7 Å². The molecule has 0 saturated heterocycles. The standard InChI is InChI=1S/C20H26FN3O3S/c1-5-24(6-2)28(26,27)17-10-8-15(4)19(12-17)22-13-20(25)23-16-9-7-14(3)18(21)11-16/h7-12,22H,5-6,13H2,1-4H3,(H,23,25). The van der Waals surface area contributed by atoms with Crippen LogP contribution in [0.25, 0.3) is 0 Å². The smallest absolute Gasteiger partial charge is 0.243 e. The highest BCUT2D eigenvalue weighted by atomic mass is 32.2. The van der Waals surface area contributed by atoms with Gasteiger partial charge in [0.05, 0.1) is 11.4 Å². The summed E-state index contributed by atoms with van der Waals surface area (Å²) in [5, 5.41) is 5.57. The summed E-state index contributed by atoms with van der Waals surface area (Å²) >= 11 is 0. The molecule has 0 aliphatic carbocycles. The summed E-state index contributed by atoms with van der Waals surface area (Å²) in [6, 6.07) is 9.26. The van der Waals surface area contributed by atoms with Gasteiger partial charge in [0, 0.05) is 24.5 Å². The van der Waals surface area contributed by atoms with Crippen LogP contribution in [0.4, 0.5) is 15.8 Å². The maximum Gasteiger partial charge on any atom is 0.243 e. The summed E-state index contributed by atoms with van der Waals surface area (Å²) in [6.45, 7) is 7.72. The summed E-state index contributed by atoms with van der Waals surface area (Å²) < 4.78 is 40.3. The molecule has 0 aromatic heterocycles. The van der Waals surface area contributed by atoms with E-state index < -0.39 is 15.8 Å². The molecule has 6 nitrogen and oxygen atoms in total. The topological polar surface area (TPSA) is 78.5 Å². The Bertz CT molecular complexity index is 957. The van der Waals surface area contributed by atoms with E-state index in [1.165, 1.54) is 16.4 Å². The van der Waals surface area contributed by atoms with Crippen LogP contribution >= 0.6 is 0 Å². The molecule has 0 aliphatic heterocycles. The van der Waals surface area contributed by atoms with Gasteiger partial charge in [-0.25, -0.2) is 12.8 Å². The van der Waals surface area contributed by atoms with Crippen molar-refractivity contribution in [3.05, 3.63) is 53.3 Å². The third kappa shape index (κ3) is 5.08. The molecule has 8 heteroatoms. The SMILES string of the molecule is CCN(CC)S(=O)(=O)c1ccc(C)c(NCC(=O)Nc2ccc(C)c(F)c2)c1. The lowest BCUT2D eigenvalue weighted by molar-refractivity contribution is -0.114. The summed E-state index contributed by atoms with van der Waals surface area (Å²) in [4.78, 5) is 12.3. The van der Waals surface area contributed by atoms with Crippen molar-refractivity contribution < 1.29 is 17.6 Å². The van der Waals surface area contributed by atoms with E-state index in [9.17, 15) is 17.6 Å². The van der Waals surface area contributed by atoms with Crippen molar-refractivity contribution in [3.63, 3.8) is 0 Å². The van der Waals surface area contributed by atoms with Crippen molar-refractivity contribution in [1.29, 1.82) is 0 Å². The molecule has 0 fully saturated rings. The van der Waals surface area contributed by atoms with Crippen LogP contribution in [0.1, 0.15) is 25.0 Å². The molecule has 0 bridgehead atoms. The van der Waals surface area contributed by atoms with Gasteiger partial charge in [-0.1, -0.05) is 26.0 Å². The number of carbonyl (C=O) groups is 1. The number of benzene rings is 2. The second kappa shape index (κ2) is 9.16. The Labute approximate surface area is 165 Å². The van der Waals surface area contributed by atoms with Crippen LogP contribution in [0.2, 0.25) is 0 Å². The molecule has 2 rings (SSSR count). The van der Waals surface area contributed by atoms with Gasteiger partial charge in [0.25, 0.3) is 0 Å². The minimum absolute atomic E-state index is 0.0783. The van der Waals surface area contributed by atoms with Crippen LogP contribution in [-0.2, 0) is 14.8 Å². The number of sulfonamides is 1. The number of rotatable bonds is 8. The minimum atomic E-state index is -3.59. The lowest BCUT2D eigenvalue weighted by Crippen LogP contribution is -2.30. The second-order valence-corrected chi connectivity index (χ2v) is 8.37. The fourth-order valence-electron chi connectivity index (χ4n) is 2.72. The molecule has 152 valence electrons. The Hall–Kier alpha value is -2.45. The van der Waals surface area contributed by atoms with Crippen molar-refractivity contribution >= 4 is 27.3 Å². The quantitative estimate of drug-likeness (QED) is 0.702. The zero-order valence-electron chi connectivity index (χ0n) is 16.5. The zero-order chi connectivity index (χ0) is 20.9. The molecule has 0 heterocycles. The third-order valence-electron chi connectivity index (χ3n) is 4.45. The monoisotopic (exact) mass is 407 g/mol. The number of halogens is 1. The summed E-state index contributed by atoms with van der Waals surface area (Å²) in [7, 11) is -3.59. The van der Waals surface area contributed by atoms with Gasteiger partial charge in [0.2, 0.25) is 15.9 Å². The Balaban J connectivity index is 2.11. The maximum absolute atomic E-state index is 13.6. The average molecular weight is 408 g/mol. The van der Waals surface area contributed by atoms with Gasteiger partial charge in [-0.05, 0) is 49.2 Å². The van der Waals surface area contributed by atoms with Crippen molar-refractivity contribution in [3.8, 4) is 0 Å². The number of hydrogen-bond donors (Lipinski definition) is 2. The molecule has 2 N–H and O–H groups in total. The first-order valence-electron chi connectivity index (χ1n) is 9.09. The Morgan fingerprint density at radius 2 is 1.68 bits per heavy atom. The van der Waals surface area contributed by atoms with Crippen LogP contribution < -0.4 is 10.6 Å². The molecule has 0 spiro atoms. The van der Waals surface area contributed by atoms with Crippen molar-refractivity contribution in [2.75, 3.05) is 30.3 Å². The largest absolute Gasteiger partial charge is 0.376 e. The first-order chi connectivity index (χ1) is 13.2. The van der Waals surface area contributed by atoms with Crippen LogP contribution in [0.5, 0.6) is 0 Å². The van der Waals surface area contributed by atoms with E-state index in [1.807, 2.05) is 6.92 Å². The van der Waals surface area contributed by atoms with E-state index in [4.69, 9.17) is 0 Å². The molecule has 2 aromatic carbocycles. The van der Waals surface area contributed by atoms with Gasteiger partial charge in [0.15, 0.2) is 0 Å². The third-order valence-corrected chi connectivity index (χ3v) is 6.49. The number of anilines is 2. The lowest BCUT2D eigenvalue weighted by atomic mass is 10.2. The van der Waals surface area contributed by atoms with Gasteiger partial charge >= 0.3 is 0 Å². The van der Waals surface area contributed by atoms with Crippen LogP contribution in [0.15, 0.2) is 41.3 Å². The highest BCUT2D eigenvalue weighted by molar-refractivity contribution is 7.89. The summed E-state index contributed by atoms with van der Waals surface area (Å²) in [5.41, 5.74) is 2.23. The number of nitrogens with zero attached hydrogens (tertiary/aromatic N) is 1. The second-order valence-electron chi connectivity index (χ2n) is 6.43. The van der Waals surface area contributed by atoms with Gasteiger partial charge < -0.3 is 10.6 Å². The van der Waals surface area contributed by atoms with Crippen molar-refractivity contribution in [2.24, 2.45) is 0 Å². The normalized spacial score (nSPS) is 11.5. The first-order valence-corrected chi connectivity index (χ1v) is 10.5. The van der Waals surface area contributed by atoms with E-state index in [-0.39, 0.29) is 17.3 Å². The van der Waals surface area contributed by atoms with E-state index in [0.29, 0.717) is 30.0 Å². The molecule has 0 unspecified atom stereocenters. The highest BCUT2D eigenvalue weighted by Crippen LogP contribution is 2.23. The zero-order valence-corrected chi connectivity index (χ0v) is 17.4. The predicted molar refractivity (Wildman–Crippen MR) is 110 cm³/mol. The molecule has 0 aliphatic rings. The summed E-state index contributed by atoms with van der Waals surface area (Å²) in [6.07, 6.45) is 0. The van der Waals surface area contributed by atoms with Gasteiger partial charge in [0.1, 0.15) is 5.82 Å². The number of carbonyl (C=O) groups excluding carboxylic acids is 1. The van der Waals surface area contributed by atoms with Crippen molar-refractivity contribution in [1.82, 2.24) is 4.31 Å². The number of nitrogens with one attached hydrogen (secondary N) is 2. The molecular weight excluding hydrogens is 381 g/mol. The summed E-state index contributed by atoms with van der Waals surface area (Å²) in [5.74, 6) is -0.754. The van der Waals surface area contributed by atoms with E-state index in [1.54, 1.807) is 45.0 Å². The molecule has 28 heavy (non-hydrogen) atoms. The van der Waals surface area contributed by atoms with Gasteiger partial charge in [-0.2, -0.15) is 4.31 Å². The molecule has 0 saturated carbocycles. The van der Waals surface area contributed by atoms with Gasteiger partial charge in [-0.15, -0.1) is 0 Å². The maximum atomic E-state index is 13.6.